The summed E-state index contributed by atoms with van der Waals surface area (Å²) in [4.78, 5) is 6.28. The van der Waals surface area contributed by atoms with Crippen LogP contribution in [0.3, 0.4) is 0 Å². The highest BCUT2D eigenvalue weighted by molar-refractivity contribution is 7.09. The first-order chi connectivity index (χ1) is 10.3. The highest BCUT2D eigenvalue weighted by Crippen LogP contribution is 2.20. The van der Waals surface area contributed by atoms with Crippen LogP contribution in [-0.2, 0) is 25.9 Å². The molecule has 0 bridgehead atoms. The number of nitrogens with zero attached hydrogens (tertiary/aromatic N) is 2. The van der Waals surface area contributed by atoms with Gasteiger partial charge in [-0.2, -0.15) is 0 Å². The standard InChI is InChI=1S/C17H21N3S/c1-2-20-16-9-8-13(12-18)11-15(16)19-17(20)7-3-5-14-6-4-10-21-14/h4,6,8-11H,2-3,5,7,12,18H2,1H3. The van der Waals surface area contributed by atoms with Gasteiger partial charge in [-0.15, -0.1) is 11.3 Å². The SMILES string of the molecule is CCn1c(CCCc2cccs2)nc2cc(CN)ccc21. The minimum Gasteiger partial charge on any atom is -0.328 e. The summed E-state index contributed by atoms with van der Waals surface area (Å²) in [6.45, 7) is 3.72. The van der Waals surface area contributed by atoms with Crippen LogP contribution in [0.2, 0.25) is 0 Å². The van der Waals surface area contributed by atoms with E-state index in [4.69, 9.17) is 10.7 Å². The van der Waals surface area contributed by atoms with Gasteiger partial charge >= 0.3 is 0 Å². The van der Waals surface area contributed by atoms with E-state index < -0.39 is 0 Å². The van der Waals surface area contributed by atoms with Gasteiger partial charge in [0.15, 0.2) is 0 Å². The van der Waals surface area contributed by atoms with E-state index in [9.17, 15) is 0 Å². The number of aromatic nitrogens is 2. The molecule has 1 aromatic carbocycles. The number of nitrogens with two attached hydrogens (primary N) is 1. The third-order valence-corrected chi connectivity index (χ3v) is 4.78. The second-order valence-corrected chi connectivity index (χ2v) is 6.26. The summed E-state index contributed by atoms with van der Waals surface area (Å²) >= 11 is 1.84. The Balaban J connectivity index is 1.80. The van der Waals surface area contributed by atoms with Crippen LogP contribution in [0.4, 0.5) is 0 Å². The Morgan fingerprint density at radius 2 is 2.14 bits per heavy atom. The van der Waals surface area contributed by atoms with Crippen molar-refractivity contribution < 1.29 is 0 Å². The van der Waals surface area contributed by atoms with E-state index >= 15 is 0 Å². The smallest absolute Gasteiger partial charge is 0.109 e. The van der Waals surface area contributed by atoms with Crippen LogP contribution in [0.5, 0.6) is 0 Å². The molecule has 3 aromatic rings. The lowest BCUT2D eigenvalue weighted by Gasteiger charge is -2.05. The van der Waals surface area contributed by atoms with Gasteiger partial charge in [0.2, 0.25) is 0 Å². The molecule has 4 heteroatoms. The molecule has 0 spiro atoms. The summed E-state index contributed by atoms with van der Waals surface area (Å²) in [6, 6.07) is 10.7. The lowest BCUT2D eigenvalue weighted by molar-refractivity contribution is 0.684. The maximum atomic E-state index is 5.72. The van der Waals surface area contributed by atoms with Crippen molar-refractivity contribution in [1.82, 2.24) is 9.55 Å². The number of benzene rings is 1. The highest BCUT2D eigenvalue weighted by atomic mass is 32.1. The van der Waals surface area contributed by atoms with Crippen LogP contribution >= 0.6 is 11.3 Å². The van der Waals surface area contributed by atoms with Crippen LogP contribution < -0.4 is 5.73 Å². The highest BCUT2D eigenvalue weighted by Gasteiger charge is 2.09. The molecular weight excluding hydrogens is 278 g/mol. The first-order valence-corrected chi connectivity index (χ1v) is 8.40. The van der Waals surface area contributed by atoms with Crippen LogP contribution in [0.15, 0.2) is 35.7 Å². The number of hydrogen-bond acceptors (Lipinski definition) is 3. The fraction of sp³-hybridized carbons (Fsp3) is 0.353. The maximum absolute atomic E-state index is 5.72. The van der Waals surface area contributed by atoms with E-state index in [0.29, 0.717) is 6.54 Å². The summed E-state index contributed by atoms with van der Waals surface area (Å²) in [5, 5.41) is 2.14. The molecule has 0 saturated carbocycles. The predicted molar refractivity (Wildman–Crippen MR) is 89.6 cm³/mol. The summed E-state index contributed by atoms with van der Waals surface area (Å²) in [5.41, 5.74) is 9.16. The quantitative estimate of drug-likeness (QED) is 0.753. The van der Waals surface area contributed by atoms with E-state index in [2.05, 4.69) is 47.2 Å². The molecule has 0 aliphatic heterocycles. The monoisotopic (exact) mass is 299 g/mol. The van der Waals surface area contributed by atoms with Crippen molar-refractivity contribution in [2.24, 2.45) is 5.73 Å². The molecule has 2 heterocycles. The maximum Gasteiger partial charge on any atom is 0.109 e. The van der Waals surface area contributed by atoms with Gasteiger partial charge in [0.05, 0.1) is 11.0 Å². The molecule has 0 unspecified atom stereocenters. The van der Waals surface area contributed by atoms with Crippen LogP contribution in [0, 0.1) is 0 Å². The van der Waals surface area contributed by atoms with E-state index in [1.54, 1.807) is 0 Å². The van der Waals surface area contributed by atoms with Crippen LogP contribution in [0.25, 0.3) is 11.0 Å². The third-order valence-electron chi connectivity index (χ3n) is 3.85. The minimum atomic E-state index is 0.572. The van der Waals surface area contributed by atoms with Gasteiger partial charge in [-0.25, -0.2) is 4.98 Å². The third kappa shape index (κ3) is 3.01. The molecule has 0 aliphatic carbocycles. The van der Waals surface area contributed by atoms with Crippen LogP contribution in [0.1, 0.15) is 29.6 Å². The average Bonchev–Trinajstić information content (AvgIpc) is 3.13. The van der Waals surface area contributed by atoms with E-state index in [-0.39, 0.29) is 0 Å². The van der Waals surface area contributed by atoms with Gasteiger partial charge in [0, 0.05) is 24.4 Å². The first-order valence-electron chi connectivity index (χ1n) is 7.52. The van der Waals surface area contributed by atoms with Crippen molar-refractivity contribution in [2.45, 2.75) is 39.3 Å². The Morgan fingerprint density at radius 3 is 2.86 bits per heavy atom. The molecule has 2 aromatic heterocycles. The number of hydrogen-bond donors (Lipinski definition) is 1. The van der Waals surface area contributed by atoms with Gasteiger partial charge in [0.25, 0.3) is 0 Å². The summed E-state index contributed by atoms with van der Waals surface area (Å²) in [6.07, 6.45) is 3.31. The second kappa shape index (κ2) is 6.41. The molecule has 0 atom stereocenters. The van der Waals surface area contributed by atoms with Gasteiger partial charge in [0.1, 0.15) is 5.82 Å². The zero-order chi connectivity index (χ0) is 14.7. The number of aryl methyl sites for hydroxylation is 3. The van der Waals surface area contributed by atoms with Gasteiger partial charge in [-0.3, -0.25) is 0 Å². The van der Waals surface area contributed by atoms with E-state index in [0.717, 1.165) is 36.9 Å². The van der Waals surface area contributed by atoms with Crippen molar-refractivity contribution in [3.05, 3.63) is 52.0 Å². The molecule has 0 saturated heterocycles. The van der Waals surface area contributed by atoms with Crippen LogP contribution in [-0.4, -0.2) is 9.55 Å². The Morgan fingerprint density at radius 1 is 1.24 bits per heavy atom. The number of fused-ring (bicyclic) bond motifs is 1. The Labute approximate surface area is 129 Å². The van der Waals surface area contributed by atoms with Crippen molar-refractivity contribution in [3.63, 3.8) is 0 Å². The number of imidazole rings is 1. The fourth-order valence-corrected chi connectivity index (χ4v) is 3.52. The first kappa shape index (κ1) is 14.3. The van der Waals surface area contributed by atoms with Crippen molar-refractivity contribution >= 4 is 22.4 Å². The molecular formula is C17H21N3S. The molecule has 3 rings (SSSR count). The lowest BCUT2D eigenvalue weighted by Crippen LogP contribution is -2.02. The molecule has 3 nitrogen and oxygen atoms in total. The molecule has 0 amide bonds. The predicted octanol–water partition coefficient (Wildman–Crippen LogP) is 3.75. The van der Waals surface area contributed by atoms with Crippen molar-refractivity contribution in [2.75, 3.05) is 0 Å². The molecule has 110 valence electrons. The lowest BCUT2D eigenvalue weighted by atomic mass is 10.2. The summed E-state index contributed by atoms with van der Waals surface area (Å²) in [7, 11) is 0. The Hall–Kier alpha value is -1.65. The van der Waals surface area contributed by atoms with Gasteiger partial charge in [-0.1, -0.05) is 12.1 Å². The van der Waals surface area contributed by atoms with E-state index in [1.165, 1.54) is 16.2 Å². The number of thiophene rings is 1. The zero-order valence-corrected chi connectivity index (χ0v) is 13.2. The summed E-state index contributed by atoms with van der Waals surface area (Å²) < 4.78 is 2.32. The normalized spacial score (nSPS) is 11.3. The molecule has 0 fully saturated rings. The molecule has 0 aliphatic rings. The molecule has 2 N–H and O–H groups in total. The topological polar surface area (TPSA) is 43.8 Å². The van der Waals surface area contributed by atoms with Gasteiger partial charge in [-0.05, 0) is 48.9 Å². The largest absolute Gasteiger partial charge is 0.328 e. The Kier molecular flexibility index (Phi) is 4.36. The van der Waals surface area contributed by atoms with Crippen molar-refractivity contribution in [3.8, 4) is 0 Å². The van der Waals surface area contributed by atoms with Gasteiger partial charge < -0.3 is 10.3 Å². The zero-order valence-electron chi connectivity index (χ0n) is 12.4. The number of rotatable bonds is 6. The second-order valence-electron chi connectivity index (χ2n) is 5.23. The fourth-order valence-electron chi connectivity index (χ4n) is 2.77. The minimum absolute atomic E-state index is 0.572. The Bertz CT molecular complexity index is 713. The van der Waals surface area contributed by atoms with Crippen molar-refractivity contribution in [1.29, 1.82) is 0 Å². The molecule has 21 heavy (non-hydrogen) atoms. The molecule has 0 radical (unpaired) electrons. The summed E-state index contributed by atoms with van der Waals surface area (Å²) in [5.74, 6) is 1.19. The van der Waals surface area contributed by atoms with E-state index in [1.807, 2.05) is 11.3 Å². The average molecular weight is 299 g/mol.